The molecule has 0 unspecified atom stereocenters. The summed E-state index contributed by atoms with van der Waals surface area (Å²) in [7, 11) is -4.57. The summed E-state index contributed by atoms with van der Waals surface area (Å²) < 4.78 is 69.3. The second-order valence-corrected chi connectivity index (χ2v) is 12.2. The van der Waals surface area contributed by atoms with E-state index in [2.05, 4.69) is 5.32 Å². The van der Waals surface area contributed by atoms with Crippen molar-refractivity contribution >= 4 is 62.3 Å². The van der Waals surface area contributed by atoms with Crippen molar-refractivity contribution in [1.29, 1.82) is 0 Å². The van der Waals surface area contributed by atoms with Crippen molar-refractivity contribution in [2.75, 3.05) is 17.4 Å². The van der Waals surface area contributed by atoms with Gasteiger partial charge in [0, 0.05) is 13.1 Å². The van der Waals surface area contributed by atoms with Crippen LogP contribution in [0.3, 0.4) is 0 Å². The predicted molar refractivity (Wildman–Crippen MR) is 157 cm³/mol. The van der Waals surface area contributed by atoms with Crippen LogP contribution in [0.5, 0.6) is 0 Å². The van der Waals surface area contributed by atoms with Crippen LogP contribution in [0.4, 0.5) is 18.9 Å². The Balaban J connectivity index is 2.15. The molecule has 0 saturated carbocycles. The first kappa shape index (κ1) is 33.5. The number of rotatable bonds is 11. The standard InChI is InChI=1S/C28H27Cl3F3N3O4S/c1-3-25(27(39)35-4-2)36(16-18-10-12-23(30)24(31)14-18)26(38)17-37(42(40,41)20-8-6-5-7-9-20)19-11-13-22(29)21(15-19)28(32,33)34/h5-15,25H,3-4,16-17H2,1-2H3,(H,35,39)/t25-/m0/s1. The summed E-state index contributed by atoms with van der Waals surface area (Å²) >= 11 is 18.0. The Morgan fingerprint density at radius 2 is 1.55 bits per heavy atom. The molecule has 3 aromatic carbocycles. The monoisotopic (exact) mass is 663 g/mol. The molecule has 0 saturated heterocycles. The van der Waals surface area contributed by atoms with Crippen molar-refractivity contribution in [3.05, 3.63) is 92.9 Å². The molecular weight excluding hydrogens is 638 g/mol. The highest BCUT2D eigenvalue weighted by Gasteiger charge is 2.37. The number of hydrogen-bond donors (Lipinski definition) is 1. The third-order valence-corrected chi connectivity index (χ3v) is 9.08. The number of sulfonamides is 1. The molecule has 14 heteroatoms. The van der Waals surface area contributed by atoms with Crippen LogP contribution >= 0.6 is 34.8 Å². The molecule has 0 aliphatic rings. The van der Waals surface area contributed by atoms with Crippen LogP contribution in [0, 0.1) is 0 Å². The Hall–Kier alpha value is -2.99. The van der Waals surface area contributed by atoms with Gasteiger partial charge in [-0.15, -0.1) is 0 Å². The van der Waals surface area contributed by atoms with E-state index in [1.807, 2.05) is 0 Å². The van der Waals surface area contributed by atoms with Crippen molar-refractivity contribution in [2.45, 2.75) is 43.9 Å². The predicted octanol–water partition coefficient (Wildman–Crippen LogP) is 6.80. The van der Waals surface area contributed by atoms with Crippen molar-refractivity contribution in [2.24, 2.45) is 0 Å². The van der Waals surface area contributed by atoms with E-state index in [4.69, 9.17) is 34.8 Å². The summed E-state index contributed by atoms with van der Waals surface area (Å²) in [6.07, 6.45) is -4.74. The summed E-state index contributed by atoms with van der Waals surface area (Å²) in [6.45, 7) is 2.54. The van der Waals surface area contributed by atoms with Crippen LogP contribution in [0.2, 0.25) is 15.1 Å². The molecule has 3 aromatic rings. The van der Waals surface area contributed by atoms with Gasteiger partial charge in [0.25, 0.3) is 10.0 Å². The molecule has 0 aliphatic heterocycles. The molecule has 1 atom stereocenters. The number of likely N-dealkylation sites (N-methyl/N-ethyl adjacent to an activating group) is 1. The van der Waals surface area contributed by atoms with Gasteiger partial charge in [0.2, 0.25) is 11.8 Å². The minimum absolute atomic E-state index is 0.156. The van der Waals surface area contributed by atoms with Gasteiger partial charge >= 0.3 is 6.18 Å². The third-order valence-electron chi connectivity index (χ3n) is 6.23. The Bertz CT molecular complexity index is 1540. The highest BCUT2D eigenvalue weighted by atomic mass is 35.5. The van der Waals surface area contributed by atoms with Crippen molar-refractivity contribution in [1.82, 2.24) is 10.2 Å². The van der Waals surface area contributed by atoms with Gasteiger partial charge in [-0.1, -0.05) is 66.0 Å². The molecule has 3 rings (SSSR count). The van der Waals surface area contributed by atoms with E-state index in [0.717, 1.165) is 12.1 Å². The van der Waals surface area contributed by atoms with E-state index < -0.39 is 56.9 Å². The zero-order chi connectivity index (χ0) is 31.2. The fourth-order valence-corrected chi connectivity index (χ4v) is 6.15. The molecule has 2 amide bonds. The number of benzene rings is 3. The van der Waals surface area contributed by atoms with E-state index in [-0.39, 0.29) is 34.5 Å². The summed E-state index contributed by atoms with van der Waals surface area (Å²) in [5.41, 5.74) is -1.22. The number of halogens is 6. The lowest BCUT2D eigenvalue weighted by molar-refractivity contribution is -0.140. The molecule has 0 fully saturated rings. The van der Waals surface area contributed by atoms with Crippen molar-refractivity contribution < 1.29 is 31.2 Å². The molecule has 1 N–H and O–H groups in total. The summed E-state index contributed by atoms with van der Waals surface area (Å²) in [5.74, 6) is -1.33. The number of hydrogen-bond acceptors (Lipinski definition) is 4. The fourth-order valence-electron chi connectivity index (χ4n) is 4.18. The van der Waals surface area contributed by atoms with Crippen LogP contribution in [0.1, 0.15) is 31.4 Å². The Kier molecular flexibility index (Phi) is 11.2. The zero-order valence-corrected chi connectivity index (χ0v) is 25.5. The van der Waals surface area contributed by atoms with Crippen LogP contribution in [-0.2, 0) is 32.3 Å². The minimum atomic E-state index is -4.90. The maximum absolute atomic E-state index is 14.0. The molecule has 7 nitrogen and oxygen atoms in total. The van der Waals surface area contributed by atoms with Crippen molar-refractivity contribution in [3.8, 4) is 0 Å². The number of nitrogens with zero attached hydrogens (tertiary/aromatic N) is 2. The first-order chi connectivity index (χ1) is 19.7. The maximum Gasteiger partial charge on any atom is 0.417 e. The van der Waals surface area contributed by atoms with E-state index >= 15 is 0 Å². The number of carbonyl (C=O) groups is 2. The average Bonchev–Trinajstić information content (AvgIpc) is 2.93. The van der Waals surface area contributed by atoms with Crippen LogP contribution < -0.4 is 9.62 Å². The molecule has 0 heterocycles. The smallest absolute Gasteiger partial charge is 0.355 e. The quantitative estimate of drug-likeness (QED) is 0.244. The van der Waals surface area contributed by atoms with Gasteiger partial charge in [0.1, 0.15) is 12.6 Å². The Morgan fingerprint density at radius 3 is 2.12 bits per heavy atom. The molecular formula is C28H27Cl3F3N3O4S. The van der Waals surface area contributed by atoms with Gasteiger partial charge in [0.15, 0.2) is 0 Å². The van der Waals surface area contributed by atoms with Gasteiger partial charge in [0.05, 0.1) is 31.2 Å². The molecule has 0 aliphatic carbocycles. The summed E-state index contributed by atoms with van der Waals surface area (Å²) in [5, 5.41) is 2.48. The number of anilines is 1. The van der Waals surface area contributed by atoms with Gasteiger partial charge in [-0.25, -0.2) is 8.42 Å². The largest absolute Gasteiger partial charge is 0.417 e. The number of carbonyl (C=O) groups excluding carboxylic acids is 2. The van der Waals surface area contributed by atoms with Gasteiger partial charge in [-0.2, -0.15) is 13.2 Å². The average molecular weight is 665 g/mol. The van der Waals surface area contributed by atoms with Gasteiger partial charge in [-0.3, -0.25) is 13.9 Å². The first-order valence-electron chi connectivity index (χ1n) is 12.7. The van der Waals surface area contributed by atoms with Gasteiger partial charge in [-0.05, 0) is 61.4 Å². The van der Waals surface area contributed by atoms with E-state index in [0.29, 0.717) is 15.9 Å². The first-order valence-corrected chi connectivity index (χ1v) is 15.2. The third kappa shape index (κ3) is 7.89. The second kappa shape index (κ2) is 14.0. The van der Waals surface area contributed by atoms with E-state index in [1.165, 1.54) is 41.3 Å². The second-order valence-electron chi connectivity index (χ2n) is 9.08. The van der Waals surface area contributed by atoms with E-state index in [1.54, 1.807) is 26.0 Å². The molecule has 0 bridgehead atoms. The zero-order valence-electron chi connectivity index (χ0n) is 22.5. The molecule has 0 spiro atoms. The number of alkyl halides is 3. The Morgan fingerprint density at radius 1 is 0.905 bits per heavy atom. The van der Waals surface area contributed by atoms with E-state index in [9.17, 15) is 31.2 Å². The Labute approximate surface area is 257 Å². The van der Waals surface area contributed by atoms with Crippen LogP contribution in [0.25, 0.3) is 0 Å². The lowest BCUT2D eigenvalue weighted by Crippen LogP contribution is -2.52. The molecule has 0 aromatic heterocycles. The lowest BCUT2D eigenvalue weighted by atomic mass is 10.1. The maximum atomic E-state index is 14.0. The number of nitrogens with one attached hydrogen (secondary N) is 1. The molecule has 0 radical (unpaired) electrons. The fraction of sp³-hybridized carbons (Fsp3) is 0.286. The minimum Gasteiger partial charge on any atom is -0.355 e. The highest BCUT2D eigenvalue weighted by Crippen LogP contribution is 2.38. The highest BCUT2D eigenvalue weighted by molar-refractivity contribution is 7.92. The van der Waals surface area contributed by atoms with Crippen molar-refractivity contribution in [3.63, 3.8) is 0 Å². The molecule has 42 heavy (non-hydrogen) atoms. The summed E-state index contributed by atoms with van der Waals surface area (Å²) in [6, 6.07) is 13.1. The lowest BCUT2D eigenvalue weighted by Gasteiger charge is -2.33. The normalized spacial score (nSPS) is 12.5. The SMILES string of the molecule is CCNC(=O)[C@H](CC)N(Cc1ccc(Cl)c(Cl)c1)C(=O)CN(c1ccc(Cl)c(C(F)(F)F)c1)S(=O)(=O)c1ccccc1. The van der Waals surface area contributed by atoms with Crippen LogP contribution in [0.15, 0.2) is 71.6 Å². The molecule has 226 valence electrons. The number of amides is 2. The van der Waals surface area contributed by atoms with Crippen LogP contribution in [-0.4, -0.2) is 44.3 Å². The topological polar surface area (TPSA) is 86.8 Å². The van der Waals surface area contributed by atoms with Gasteiger partial charge < -0.3 is 10.2 Å². The summed E-state index contributed by atoms with van der Waals surface area (Å²) in [4.78, 5) is 27.8.